The first-order valence-corrected chi connectivity index (χ1v) is 13.5. The minimum Gasteiger partial charge on any atom is -0.462 e. The number of rotatable bonds is 8. The van der Waals surface area contributed by atoms with Gasteiger partial charge in [-0.25, -0.2) is 4.79 Å². The molecule has 1 unspecified atom stereocenters. The van der Waals surface area contributed by atoms with Gasteiger partial charge in [-0.3, -0.25) is 14.6 Å². The molecule has 1 aromatic heterocycles. The highest BCUT2D eigenvalue weighted by Crippen LogP contribution is 2.43. The van der Waals surface area contributed by atoms with Gasteiger partial charge < -0.3 is 14.0 Å². The van der Waals surface area contributed by atoms with E-state index in [1.807, 2.05) is 18.2 Å². The zero-order valence-electron chi connectivity index (χ0n) is 21.8. The summed E-state index contributed by atoms with van der Waals surface area (Å²) in [7, 11) is 0. The van der Waals surface area contributed by atoms with Crippen LogP contribution in [0.3, 0.4) is 0 Å². The largest absolute Gasteiger partial charge is 0.462 e. The van der Waals surface area contributed by atoms with Crippen molar-refractivity contribution in [2.75, 3.05) is 32.8 Å². The van der Waals surface area contributed by atoms with Gasteiger partial charge in [-0.15, -0.1) is 0 Å². The first kappa shape index (κ1) is 25.7. The first-order chi connectivity index (χ1) is 18.9. The molecule has 3 aromatic rings. The second kappa shape index (κ2) is 10.5. The van der Waals surface area contributed by atoms with E-state index < -0.39 is 18.0 Å². The zero-order valence-corrected chi connectivity index (χ0v) is 21.8. The van der Waals surface area contributed by atoms with Gasteiger partial charge >= 0.3 is 12.6 Å². The number of hydrogen-bond acceptors (Lipinski definition) is 6. The van der Waals surface area contributed by atoms with E-state index >= 15 is 0 Å². The lowest BCUT2D eigenvalue weighted by Gasteiger charge is -2.37. The van der Waals surface area contributed by atoms with E-state index in [-0.39, 0.29) is 35.4 Å². The Balaban J connectivity index is 1.39. The topological polar surface area (TPSA) is 64.0 Å². The summed E-state index contributed by atoms with van der Waals surface area (Å²) < 4.78 is 39.6. The molecule has 3 heterocycles. The maximum absolute atomic E-state index is 13.8. The summed E-state index contributed by atoms with van der Waals surface area (Å²) in [5.74, 6) is -0.719. The van der Waals surface area contributed by atoms with E-state index in [2.05, 4.69) is 28.0 Å². The molecule has 9 heteroatoms. The molecule has 6 rings (SSSR count). The number of fused-ring (bicyclic) bond motifs is 2. The van der Waals surface area contributed by atoms with Crippen LogP contribution in [-0.4, -0.2) is 65.8 Å². The van der Waals surface area contributed by atoms with Crippen LogP contribution in [0.1, 0.15) is 47.3 Å². The fraction of sp³-hybridized carbons (Fsp3) is 0.400. The van der Waals surface area contributed by atoms with Crippen molar-refractivity contribution in [3.05, 3.63) is 81.7 Å². The number of aromatic nitrogens is 1. The Kier molecular flexibility index (Phi) is 6.95. The average molecular weight is 536 g/mol. The van der Waals surface area contributed by atoms with E-state index in [0.717, 1.165) is 44.6 Å². The van der Waals surface area contributed by atoms with E-state index in [4.69, 9.17) is 9.47 Å². The van der Waals surface area contributed by atoms with Crippen LogP contribution in [0, 0.1) is 0 Å². The number of carbonyl (C=O) groups is 1. The van der Waals surface area contributed by atoms with E-state index in [0.29, 0.717) is 17.6 Å². The molecular weight excluding hydrogens is 504 g/mol. The normalized spacial score (nSPS) is 19.8. The molecule has 0 spiro atoms. The van der Waals surface area contributed by atoms with Gasteiger partial charge in [-0.05, 0) is 37.0 Å². The van der Waals surface area contributed by atoms with Crippen LogP contribution in [-0.2, 0) is 11.3 Å². The number of benzene rings is 2. The predicted octanol–water partition coefficient (Wildman–Crippen LogP) is 4.70. The summed E-state index contributed by atoms with van der Waals surface area (Å²) in [6.45, 7) is 2.84. The van der Waals surface area contributed by atoms with Gasteiger partial charge in [0.15, 0.2) is 5.75 Å². The lowest BCUT2D eigenvalue weighted by molar-refractivity contribution is -0.0492. The summed E-state index contributed by atoms with van der Waals surface area (Å²) in [5, 5.41) is 0.178. The number of carbonyl (C=O) groups excluding carboxylic acids is 1. The third-order valence-corrected chi connectivity index (χ3v) is 7.77. The Hall–Kier alpha value is -3.56. The molecule has 0 radical (unpaired) electrons. The number of ether oxygens (including phenoxy) is 2. The van der Waals surface area contributed by atoms with Crippen molar-refractivity contribution in [1.29, 1.82) is 0 Å². The summed E-state index contributed by atoms with van der Waals surface area (Å²) in [5.41, 5.74) is 2.40. The van der Waals surface area contributed by atoms with Gasteiger partial charge in [0, 0.05) is 56.6 Å². The van der Waals surface area contributed by atoms with E-state index in [1.165, 1.54) is 11.8 Å². The van der Waals surface area contributed by atoms with Crippen molar-refractivity contribution < 1.29 is 23.0 Å². The summed E-state index contributed by atoms with van der Waals surface area (Å²) >= 11 is 0. The SMILES string of the molecule is CCOC(=O)c1cn(C2CC2)c2c(OC(F)F)c(C3=CC4CN(Cc5ccccc5)CCN4C3)ccc2c1=O. The number of nitrogens with zero attached hydrogens (tertiary/aromatic N) is 3. The smallest absolute Gasteiger partial charge is 0.387 e. The fourth-order valence-corrected chi connectivity index (χ4v) is 5.80. The van der Waals surface area contributed by atoms with Gasteiger partial charge in [0.2, 0.25) is 5.43 Å². The molecule has 1 atom stereocenters. The molecule has 0 amide bonds. The van der Waals surface area contributed by atoms with Gasteiger partial charge in [0.1, 0.15) is 5.56 Å². The second-order valence-electron chi connectivity index (χ2n) is 10.4. The molecule has 1 saturated carbocycles. The summed E-state index contributed by atoms with van der Waals surface area (Å²) in [6.07, 6.45) is 5.25. The molecule has 39 heavy (non-hydrogen) atoms. The number of piperazine rings is 1. The fourth-order valence-electron chi connectivity index (χ4n) is 5.80. The predicted molar refractivity (Wildman–Crippen MR) is 144 cm³/mol. The van der Waals surface area contributed by atoms with Crippen LogP contribution in [0.4, 0.5) is 8.78 Å². The maximum Gasteiger partial charge on any atom is 0.387 e. The minimum atomic E-state index is -3.06. The van der Waals surface area contributed by atoms with Crippen molar-refractivity contribution in [2.24, 2.45) is 0 Å². The summed E-state index contributed by atoms with van der Waals surface area (Å²) in [4.78, 5) is 30.6. The highest BCUT2D eigenvalue weighted by molar-refractivity contribution is 5.97. The van der Waals surface area contributed by atoms with Gasteiger partial charge in [0.05, 0.1) is 17.5 Å². The van der Waals surface area contributed by atoms with E-state index in [9.17, 15) is 18.4 Å². The minimum absolute atomic E-state index is 0.00542. The van der Waals surface area contributed by atoms with E-state index in [1.54, 1.807) is 23.6 Å². The number of hydrogen-bond donors (Lipinski definition) is 0. The Morgan fingerprint density at radius 3 is 2.62 bits per heavy atom. The number of alkyl halides is 2. The molecular formula is C30H31F2N3O4. The third kappa shape index (κ3) is 5.08. The van der Waals surface area contributed by atoms with Gasteiger partial charge in [-0.1, -0.05) is 42.5 Å². The maximum atomic E-state index is 13.8. The first-order valence-electron chi connectivity index (χ1n) is 13.5. The van der Waals surface area contributed by atoms with Crippen molar-refractivity contribution in [1.82, 2.24) is 14.4 Å². The van der Waals surface area contributed by atoms with Crippen LogP contribution < -0.4 is 10.2 Å². The lowest BCUT2D eigenvalue weighted by atomic mass is 10.0. The van der Waals surface area contributed by atoms with Crippen molar-refractivity contribution in [3.63, 3.8) is 0 Å². The van der Waals surface area contributed by atoms with Crippen LogP contribution in [0.2, 0.25) is 0 Å². The summed E-state index contributed by atoms with van der Waals surface area (Å²) in [6, 6.07) is 13.8. The third-order valence-electron chi connectivity index (χ3n) is 7.77. The van der Waals surface area contributed by atoms with Crippen LogP contribution in [0.25, 0.3) is 16.5 Å². The molecule has 0 N–H and O–H groups in total. The Morgan fingerprint density at radius 1 is 1.10 bits per heavy atom. The number of halogens is 2. The molecule has 2 aliphatic heterocycles. The van der Waals surface area contributed by atoms with Crippen LogP contribution in [0.15, 0.2) is 59.5 Å². The average Bonchev–Trinajstić information content (AvgIpc) is 3.68. The zero-order chi connectivity index (χ0) is 27.1. The van der Waals surface area contributed by atoms with Gasteiger partial charge in [0.25, 0.3) is 0 Å². The molecule has 2 fully saturated rings. The molecule has 7 nitrogen and oxygen atoms in total. The molecule has 204 valence electrons. The molecule has 1 saturated heterocycles. The van der Waals surface area contributed by atoms with Crippen molar-refractivity contribution in [2.45, 2.75) is 45.0 Å². The van der Waals surface area contributed by atoms with Gasteiger partial charge in [-0.2, -0.15) is 8.78 Å². The lowest BCUT2D eigenvalue weighted by Crippen LogP contribution is -2.49. The quantitative estimate of drug-likeness (QED) is 0.390. The Bertz CT molecular complexity index is 1480. The Labute approximate surface area is 225 Å². The highest BCUT2D eigenvalue weighted by atomic mass is 19.3. The van der Waals surface area contributed by atoms with Crippen molar-refractivity contribution in [3.8, 4) is 5.75 Å². The molecule has 0 bridgehead atoms. The van der Waals surface area contributed by atoms with Crippen molar-refractivity contribution >= 4 is 22.4 Å². The number of esters is 1. The standard InChI is InChI=1S/C30H31F2N3O4/c1-2-38-29(37)25-18-35(21-8-9-21)26-24(27(25)36)11-10-23(28(26)39-30(31)32)20-14-22-17-33(12-13-34(22)16-20)15-19-6-4-3-5-7-19/h3-7,10-11,14,18,21-22,30H,2,8-9,12-13,15-17H2,1H3. The van der Waals surface area contributed by atoms with Crippen LogP contribution >= 0.6 is 0 Å². The number of pyridine rings is 1. The molecule has 1 aliphatic carbocycles. The molecule has 2 aromatic carbocycles. The Morgan fingerprint density at radius 2 is 1.90 bits per heavy atom. The van der Waals surface area contributed by atoms with Crippen LogP contribution in [0.5, 0.6) is 5.75 Å². The highest BCUT2D eigenvalue weighted by Gasteiger charge is 2.34. The second-order valence-corrected chi connectivity index (χ2v) is 10.4. The molecule has 3 aliphatic rings. The monoisotopic (exact) mass is 535 g/mol.